The van der Waals surface area contributed by atoms with Crippen molar-refractivity contribution in [2.45, 2.75) is 26.1 Å². The Hall–Kier alpha value is -1.89. The molecule has 0 amide bonds. The quantitative estimate of drug-likeness (QED) is 0.652. The van der Waals surface area contributed by atoms with E-state index in [0.717, 1.165) is 31.2 Å². The van der Waals surface area contributed by atoms with Gasteiger partial charge in [-0.25, -0.2) is 9.37 Å². The number of nitrogens with zero attached hydrogens (tertiary/aromatic N) is 1. The Morgan fingerprint density at radius 2 is 2.05 bits per heavy atom. The molecule has 2 aromatic rings. The molecule has 0 aliphatic rings. The third-order valence-corrected chi connectivity index (χ3v) is 2.91. The van der Waals surface area contributed by atoms with Crippen LogP contribution in [0.3, 0.4) is 0 Å². The zero-order chi connectivity index (χ0) is 15.5. The predicted octanol–water partition coefficient (Wildman–Crippen LogP) is 3.73. The molecule has 2 rings (SSSR count). The van der Waals surface area contributed by atoms with Crippen LogP contribution in [-0.2, 0) is 12.7 Å². The summed E-state index contributed by atoms with van der Waals surface area (Å²) in [4.78, 5) is 6.71. The van der Waals surface area contributed by atoms with Crippen molar-refractivity contribution in [1.82, 2.24) is 15.3 Å². The maximum atomic E-state index is 13.3. The van der Waals surface area contributed by atoms with Gasteiger partial charge >= 0.3 is 6.18 Å². The van der Waals surface area contributed by atoms with Crippen LogP contribution in [0.5, 0.6) is 0 Å². The SMILES string of the molecule is CCCNCc1cnc(-c2cc(F)ccc2C(F)(F)F)[nH]1. The van der Waals surface area contributed by atoms with Crippen LogP contribution in [0, 0.1) is 5.82 Å². The van der Waals surface area contributed by atoms with Gasteiger partial charge in [0.15, 0.2) is 0 Å². The van der Waals surface area contributed by atoms with E-state index in [1.54, 1.807) is 0 Å². The van der Waals surface area contributed by atoms with E-state index < -0.39 is 17.6 Å². The largest absolute Gasteiger partial charge is 0.417 e. The van der Waals surface area contributed by atoms with Crippen molar-refractivity contribution in [3.8, 4) is 11.4 Å². The standard InChI is InChI=1S/C14H15F4N3/c1-2-5-19-7-10-8-20-13(21-10)11-6-9(15)3-4-12(11)14(16,17)18/h3-4,6,8,19H,2,5,7H2,1H3,(H,20,21). The lowest BCUT2D eigenvalue weighted by atomic mass is 10.1. The van der Waals surface area contributed by atoms with Crippen LogP contribution in [0.4, 0.5) is 17.6 Å². The third-order valence-electron chi connectivity index (χ3n) is 2.91. The van der Waals surface area contributed by atoms with Crippen molar-refractivity contribution >= 4 is 0 Å². The number of nitrogens with one attached hydrogen (secondary N) is 2. The van der Waals surface area contributed by atoms with Gasteiger partial charge in [-0.05, 0) is 31.2 Å². The molecular formula is C14H15F4N3. The highest BCUT2D eigenvalue weighted by molar-refractivity contribution is 5.61. The van der Waals surface area contributed by atoms with Gasteiger partial charge in [0.25, 0.3) is 0 Å². The third kappa shape index (κ3) is 3.81. The predicted molar refractivity (Wildman–Crippen MR) is 71.0 cm³/mol. The second-order valence-corrected chi connectivity index (χ2v) is 4.62. The summed E-state index contributed by atoms with van der Waals surface area (Å²) in [7, 11) is 0. The molecule has 3 nitrogen and oxygen atoms in total. The van der Waals surface area contributed by atoms with Gasteiger partial charge in [0.2, 0.25) is 0 Å². The normalized spacial score (nSPS) is 11.9. The second kappa shape index (κ2) is 6.26. The van der Waals surface area contributed by atoms with E-state index in [0.29, 0.717) is 12.2 Å². The van der Waals surface area contributed by atoms with Crippen LogP contribution in [0.25, 0.3) is 11.4 Å². The van der Waals surface area contributed by atoms with Crippen LogP contribution in [0.15, 0.2) is 24.4 Å². The maximum absolute atomic E-state index is 13.3. The molecule has 2 N–H and O–H groups in total. The zero-order valence-electron chi connectivity index (χ0n) is 11.4. The number of hydrogen-bond acceptors (Lipinski definition) is 2. The fourth-order valence-corrected chi connectivity index (χ4v) is 1.95. The highest BCUT2D eigenvalue weighted by Gasteiger charge is 2.34. The molecule has 0 radical (unpaired) electrons. The van der Waals surface area contributed by atoms with Gasteiger partial charge in [0.05, 0.1) is 5.56 Å². The molecule has 0 saturated heterocycles. The van der Waals surface area contributed by atoms with Gasteiger partial charge in [0.1, 0.15) is 11.6 Å². The molecular weight excluding hydrogens is 286 g/mol. The first kappa shape index (κ1) is 15.5. The molecule has 114 valence electrons. The van der Waals surface area contributed by atoms with E-state index in [-0.39, 0.29) is 11.4 Å². The number of halogens is 4. The number of aromatic amines is 1. The zero-order valence-corrected chi connectivity index (χ0v) is 11.4. The van der Waals surface area contributed by atoms with E-state index in [1.807, 2.05) is 6.92 Å². The molecule has 0 aliphatic carbocycles. The Kier molecular flexibility index (Phi) is 4.62. The summed E-state index contributed by atoms with van der Waals surface area (Å²) < 4.78 is 52.1. The van der Waals surface area contributed by atoms with Crippen LogP contribution in [0.2, 0.25) is 0 Å². The molecule has 0 atom stereocenters. The fraction of sp³-hybridized carbons (Fsp3) is 0.357. The first-order valence-corrected chi connectivity index (χ1v) is 6.53. The van der Waals surface area contributed by atoms with Crippen LogP contribution < -0.4 is 5.32 Å². The molecule has 7 heteroatoms. The van der Waals surface area contributed by atoms with Gasteiger partial charge in [-0.15, -0.1) is 0 Å². The average molecular weight is 301 g/mol. The lowest BCUT2D eigenvalue weighted by Crippen LogP contribution is -2.14. The smallest absolute Gasteiger partial charge is 0.341 e. The highest BCUT2D eigenvalue weighted by Crippen LogP contribution is 2.36. The summed E-state index contributed by atoms with van der Waals surface area (Å²) in [6.45, 7) is 3.27. The maximum Gasteiger partial charge on any atom is 0.417 e. The first-order chi connectivity index (χ1) is 9.91. The van der Waals surface area contributed by atoms with Crippen LogP contribution in [-0.4, -0.2) is 16.5 Å². The average Bonchev–Trinajstić information content (AvgIpc) is 2.86. The summed E-state index contributed by atoms with van der Waals surface area (Å²) in [5, 5.41) is 3.10. The van der Waals surface area contributed by atoms with E-state index in [4.69, 9.17) is 0 Å². The molecule has 0 unspecified atom stereocenters. The number of hydrogen-bond donors (Lipinski definition) is 2. The lowest BCUT2D eigenvalue weighted by Gasteiger charge is -2.11. The molecule has 1 aromatic heterocycles. The fourth-order valence-electron chi connectivity index (χ4n) is 1.95. The van der Waals surface area contributed by atoms with Crippen molar-refractivity contribution < 1.29 is 17.6 Å². The number of imidazole rings is 1. The molecule has 0 fully saturated rings. The monoisotopic (exact) mass is 301 g/mol. The summed E-state index contributed by atoms with van der Waals surface area (Å²) >= 11 is 0. The Morgan fingerprint density at radius 1 is 1.29 bits per heavy atom. The van der Waals surface area contributed by atoms with Crippen molar-refractivity contribution in [2.75, 3.05) is 6.54 Å². The highest BCUT2D eigenvalue weighted by atomic mass is 19.4. The lowest BCUT2D eigenvalue weighted by molar-refractivity contribution is -0.137. The molecule has 21 heavy (non-hydrogen) atoms. The number of benzene rings is 1. The minimum atomic E-state index is -4.56. The minimum Gasteiger partial charge on any atom is -0.341 e. The van der Waals surface area contributed by atoms with Crippen molar-refractivity contribution in [2.24, 2.45) is 0 Å². The molecule has 1 aromatic carbocycles. The second-order valence-electron chi connectivity index (χ2n) is 4.62. The van der Waals surface area contributed by atoms with Crippen molar-refractivity contribution in [3.05, 3.63) is 41.5 Å². The topological polar surface area (TPSA) is 40.7 Å². The van der Waals surface area contributed by atoms with E-state index >= 15 is 0 Å². The van der Waals surface area contributed by atoms with Gasteiger partial charge in [0, 0.05) is 24.0 Å². The van der Waals surface area contributed by atoms with E-state index in [2.05, 4.69) is 15.3 Å². The van der Waals surface area contributed by atoms with Gasteiger partial charge in [-0.1, -0.05) is 6.92 Å². The first-order valence-electron chi connectivity index (χ1n) is 6.53. The molecule has 0 bridgehead atoms. The van der Waals surface area contributed by atoms with Gasteiger partial charge in [-0.2, -0.15) is 13.2 Å². The number of rotatable bonds is 5. The van der Waals surface area contributed by atoms with Gasteiger partial charge in [-0.3, -0.25) is 0 Å². The molecule has 1 heterocycles. The van der Waals surface area contributed by atoms with Gasteiger partial charge < -0.3 is 10.3 Å². The minimum absolute atomic E-state index is 0.00937. The number of alkyl halides is 3. The summed E-state index contributed by atoms with van der Waals surface area (Å²) in [6.07, 6.45) is -2.16. The summed E-state index contributed by atoms with van der Waals surface area (Å²) in [5.74, 6) is -0.727. The molecule has 0 spiro atoms. The van der Waals surface area contributed by atoms with Crippen molar-refractivity contribution in [1.29, 1.82) is 0 Å². The van der Waals surface area contributed by atoms with Crippen molar-refractivity contribution in [3.63, 3.8) is 0 Å². The Morgan fingerprint density at radius 3 is 2.71 bits per heavy atom. The van der Waals surface area contributed by atoms with Crippen LogP contribution in [0.1, 0.15) is 24.6 Å². The van der Waals surface area contributed by atoms with Crippen LogP contribution >= 0.6 is 0 Å². The molecule has 0 aliphatic heterocycles. The summed E-state index contributed by atoms with van der Waals surface area (Å²) in [6, 6.07) is 2.35. The number of aromatic nitrogens is 2. The Balaban J connectivity index is 2.31. The van der Waals surface area contributed by atoms with E-state index in [1.165, 1.54) is 6.20 Å². The Labute approximate surface area is 119 Å². The Bertz CT molecular complexity index is 605. The van der Waals surface area contributed by atoms with E-state index in [9.17, 15) is 17.6 Å². The molecule has 0 saturated carbocycles. The summed E-state index contributed by atoms with van der Waals surface area (Å²) in [5.41, 5.74) is -0.550. The number of H-pyrrole nitrogens is 1.